The fourth-order valence-electron chi connectivity index (χ4n) is 2.47. The van der Waals surface area contributed by atoms with Crippen molar-refractivity contribution >= 4 is 24.0 Å². The highest BCUT2D eigenvalue weighted by Crippen LogP contribution is 2.20. The number of carbonyl (C=O) groups is 2. The maximum Gasteiger partial charge on any atom is 0.318 e. The molecule has 0 bridgehead atoms. The number of hydrogen-bond acceptors (Lipinski definition) is 5. The maximum atomic E-state index is 11.9. The van der Waals surface area contributed by atoms with Crippen LogP contribution in [0, 0.1) is 42.4 Å². The van der Waals surface area contributed by atoms with Gasteiger partial charge in [-0.3, -0.25) is 9.59 Å². The minimum Gasteiger partial charge on any atom is -0.463 e. The van der Waals surface area contributed by atoms with E-state index in [9.17, 15) is 9.59 Å². The van der Waals surface area contributed by atoms with Crippen LogP contribution >= 0.6 is 12.0 Å². The molecular weight excluding hydrogens is 324 g/mol. The van der Waals surface area contributed by atoms with Crippen molar-refractivity contribution in [3.8, 4) is 24.7 Å². The first-order valence-corrected chi connectivity index (χ1v) is 9.10. The molecule has 0 saturated carbocycles. The summed E-state index contributed by atoms with van der Waals surface area (Å²) >= 11 is 0.972. The van der Waals surface area contributed by atoms with E-state index < -0.39 is 0 Å². The molecule has 0 saturated heterocycles. The molecule has 4 unspecified atom stereocenters. The second-order valence-electron chi connectivity index (χ2n) is 6.38. The van der Waals surface area contributed by atoms with Crippen molar-refractivity contribution < 1.29 is 18.5 Å². The van der Waals surface area contributed by atoms with Gasteiger partial charge in [0, 0.05) is 18.8 Å². The van der Waals surface area contributed by atoms with Gasteiger partial charge in [0.15, 0.2) is 0 Å². The number of rotatable bonds is 11. The van der Waals surface area contributed by atoms with Gasteiger partial charge in [-0.05, 0) is 31.6 Å². The van der Waals surface area contributed by atoms with E-state index in [1.165, 1.54) is 0 Å². The Kier molecular flexibility index (Phi) is 11.9. The maximum absolute atomic E-state index is 11.9. The highest BCUT2D eigenvalue weighted by Gasteiger charge is 2.19. The molecule has 0 amide bonds. The Labute approximate surface area is 150 Å². The van der Waals surface area contributed by atoms with Gasteiger partial charge in [-0.15, -0.1) is 18.8 Å². The predicted molar refractivity (Wildman–Crippen MR) is 97.7 cm³/mol. The molecule has 0 aliphatic heterocycles. The quantitative estimate of drug-likeness (QED) is 0.245. The number of carbonyl (C=O) groups excluding carboxylic acids is 2. The molecule has 0 rings (SSSR count). The standard InChI is InChI=1S/C19H28O4S/c1-7-9-24-23-19(21)13-16(5)10-15(4)12-18(20)22-17(6)11-14(3)8-2/h1-2,14-17H,9-13H2,3-6H3. The Morgan fingerprint density at radius 2 is 1.58 bits per heavy atom. The third kappa shape index (κ3) is 11.9. The molecular formula is C19H28O4S. The molecule has 4 nitrogen and oxygen atoms in total. The van der Waals surface area contributed by atoms with E-state index in [0.29, 0.717) is 25.0 Å². The first kappa shape index (κ1) is 22.4. The van der Waals surface area contributed by atoms with Gasteiger partial charge in [-0.25, -0.2) is 0 Å². The minimum atomic E-state index is -0.283. The Morgan fingerprint density at radius 1 is 1.00 bits per heavy atom. The second-order valence-corrected chi connectivity index (χ2v) is 7.07. The van der Waals surface area contributed by atoms with E-state index in [0.717, 1.165) is 18.5 Å². The number of ether oxygens (including phenoxy) is 1. The van der Waals surface area contributed by atoms with Crippen LogP contribution in [0.4, 0.5) is 0 Å². The molecule has 0 radical (unpaired) electrons. The van der Waals surface area contributed by atoms with Gasteiger partial charge < -0.3 is 8.92 Å². The van der Waals surface area contributed by atoms with E-state index in [4.69, 9.17) is 21.8 Å². The lowest BCUT2D eigenvalue weighted by Gasteiger charge is -2.18. The molecule has 5 heteroatoms. The lowest BCUT2D eigenvalue weighted by Crippen LogP contribution is -2.20. The zero-order valence-electron chi connectivity index (χ0n) is 15.0. The van der Waals surface area contributed by atoms with Crippen molar-refractivity contribution in [3.63, 3.8) is 0 Å². The highest BCUT2D eigenvalue weighted by atomic mass is 32.2. The molecule has 0 heterocycles. The molecule has 0 aromatic heterocycles. The van der Waals surface area contributed by atoms with Crippen molar-refractivity contribution in [2.75, 3.05) is 5.75 Å². The summed E-state index contributed by atoms with van der Waals surface area (Å²) in [5.41, 5.74) is 0. The summed E-state index contributed by atoms with van der Waals surface area (Å²) < 4.78 is 10.3. The average molecular weight is 352 g/mol. The summed E-state index contributed by atoms with van der Waals surface area (Å²) in [5.74, 6) is 5.20. The van der Waals surface area contributed by atoms with E-state index >= 15 is 0 Å². The molecule has 0 fully saturated rings. The van der Waals surface area contributed by atoms with Crippen LogP contribution in [-0.2, 0) is 18.5 Å². The Hall–Kier alpha value is -1.59. The molecule has 0 aliphatic carbocycles. The third-order valence-electron chi connectivity index (χ3n) is 3.43. The fourth-order valence-corrected chi connectivity index (χ4v) is 2.80. The van der Waals surface area contributed by atoms with Crippen LogP contribution in [0.2, 0.25) is 0 Å². The zero-order valence-corrected chi connectivity index (χ0v) is 15.9. The van der Waals surface area contributed by atoms with Gasteiger partial charge in [0.25, 0.3) is 0 Å². The molecule has 4 atom stereocenters. The van der Waals surface area contributed by atoms with Crippen molar-refractivity contribution in [1.29, 1.82) is 0 Å². The molecule has 0 aromatic rings. The van der Waals surface area contributed by atoms with Crippen LogP contribution in [0.25, 0.3) is 0 Å². The van der Waals surface area contributed by atoms with Crippen LogP contribution in [0.15, 0.2) is 0 Å². The van der Waals surface area contributed by atoms with E-state index in [-0.39, 0.29) is 35.8 Å². The van der Waals surface area contributed by atoms with E-state index in [1.54, 1.807) is 0 Å². The van der Waals surface area contributed by atoms with Gasteiger partial charge >= 0.3 is 11.9 Å². The van der Waals surface area contributed by atoms with E-state index in [2.05, 4.69) is 11.8 Å². The van der Waals surface area contributed by atoms with Crippen LogP contribution in [-0.4, -0.2) is 23.8 Å². The lowest BCUT2D eigenvalue weighted by atomic mass is 9.92. The van der Waals surface area contributed by atoms with Gasteiger partial charge in [0.1, 0.15) is 6.10 Å². The van der Waals surface area contributed by atoms with Gasteiger partial charge in [0.2, 0.25) is 0 Å². The predicted octanol–water partition coefficient (Wildman–Crippen LogP) is 3.84. The van der Waals surface area contributed by atoms with Crippen LogP contribution in [0.3, 0.4) is 0 Å². The number of hydrogen-bond donors (Lipinski definition) is 0. The summed E-state index contributed by atoms with van der Waals surface area (Å²) in [6, 6.07) is 0. The zero-order chi connectivity index (χ0) is 18.5. The average Bonchev–Trinajstić information content (AvgIpc) is 2.46. The van der Waals surface area contributed by atoms with Crippen LogP contribution in [0.1, 0.15) is 53.4 Å². The van der Waals surface area contributed by atoms with E-state index in [1.807, 2.05) is 27.7 Å². The minimum absolute atomic E-state index is 0.0867. The normalized spacial score (nSPS) is 15.2. The summed E-state index contributed by atoms with van der Waals surface area (Å²) in [4.78, 5) is 23.5. The summed E-state index contributed by atoms with van der Waals surface area (Å²) in [6.45, 7) is 7.72. The molecule has 0 aliphatic rings. The fraction of sp³-hybridized carbons (Fsp3) is 0.684. The van der Waals surface area contributed by atoms with Crippen molar-refractivity contribution in [3.05, 3.63) is 0 Å². The first-order chi connectivity index (χ1) is 11.3. The third-order valence-corrected chi connectivity index (χ3v) is 4.02. The molecule has 134 valence electrons. The Morgan fingerprint density at radius 3 is 2.12 bits per heavy atom. The van der Waals surface area contributed by atoms with Crippen molar-refractivity contribution in [1.82, 2.24) is 0 Å². The topological polar surface area (TPSA) is 52.6 Å². The monoisotopic (exact) mass is 352 g/mol. The Bertz CT molecular complexity index is 475. The first-order valence-electron chi connectivity index (χ1n) is 8.19. The SMILES string of the molecule is C#CCSOC(=O)CC(C)CC(C)CC(=O)OC(C)CC(C)C#C. The summed E-state index contributed by atoms with van der Waals surface area (Å²) in [7, 11) is 0. The second kappa shape index (κ2) is 12.8. The largest absolute Gasteiger partial charge is 0.463 e. The summed E-state index contributed by atoms with van der Waals surface area (Å²) in [6.07, 6.45) is 12.3. The molecule has 24 heavy (non-hydrogen) atoms. The highest BCUT2D eigenvalue weighted by molar-refractivity contribution is 7.95. The molecule has 0 spiro atoms. The lowest BCUT2D eigenvalue weighted by molar-refractivity contribution is -0.149. The number of esters is 1. The molecule has 0 aromatic carbocycles. The molecule has 0 N–H and O–H groups in total. The Balaban J connectivity index is 4.04. The van der Waals surface area contributed by atoms with Crippen LogP contribution < -0.4 is 0 Å². The van der Waals surface area contributed by atoms with Gasteiger partial charge in [-0.2, -0.15) is 0 Å². The van der Waals surface area contributed by atoms with Crippen LogP contribution in [0.5, 0.6) is 0 Å². The number of terminal acetylenes is 2. The van der Waals surface area contributed by atoms with Crippen molar-refractivity contribution in [2.45, 2.75) is 59.5 Å². The van der Waals surface area contributed by atoms with Crippen molar-refractivity contribution in [2.24, 2.45) is 17.8 Å². The summed E-state index contributed by atoms with van der Waals surface area (Å²) in [5, 5.41) is 0. The van der Waals surface area contributed by atoms with Gasteiger partial charge in [-0.1, -0.05) is 26.7 Å². The smallest absolute Gasteiger partial charge is 0.318 e. The van der Waals surface area contributed by atoms with Gasteiger partial charge in [0.05, 0.1) is 17.8 Å².